The Balaban J connectivity index is 1.60. The number of nitrogens with zero attached hydrogens (tertiary/aromatic N) is 3. The summed E-state index contributed by atoms with van der Waals surface area (Å²) >= 11 is 1.48. The molecule has 1 aromatic heterocycles. The van der Waals surface area contributed by atoms with Crippen molar-refractivity contribution in [2.24, 2.45) is 5.92 Å². The zero-order chi connectivity index (χ0) is 21.1. The number of ether oxygens (including phenoxy) is 3. The maximum atomic E-state index is 9.85. The Morgan fingerprint density at radius 3 is 2.40 bits per heavy atom. The van der Waals surface area contributed by atoms with Crippen LogP contribution in [0.25, 0.3) is 11.1 Å². The van der Waals surface area contributed by atoms with Crippen LogP contribution in [0.4, 0.5) is 5.82 Å². The van der Waals surface area contributed by atoms with Gasteiger partial charge < -0.3 is 19.9 Å². The molecule has 30 heavy (non-hydrogen) atoms. The fourth-order valence-electron chi connectivity index (χ4n) is 3.47. The van der Waals surface area contributed by atoms with Gasteiger partial charge >= 0.3 is 0 Å². The number of aromatic nitrogens is 1. The molecule has 4 rings (SSSR count). The zero-order valence-electron chi connectivity index (χ0n) is 16.6. The number of hydrogen-bond acceptors (Lipinski definition) is 8. The van der Waals surface area contributed by atoms with E-state index >= 15 is 0 Å². The normalized spacial score (nSPS) is 20.5. The Bertz CT molecular complexity index is 1000. The Morgan fingerprint density at radius 1 is 1.13 bits per heavy atom. The third kappa shape index (κ3) is 4.08. The van der Waals surface area contributed by atoms with Gasteiger partial charge in [0.2, 0.25) is 0 Å². The van der Waals surface area contributed by atoms with E-state index in [1.165, 1.54) is 11.8 Å². The Morgan fingerprint density at radius 2 is 1.83 bits per heavy atom. The monoisotopic (exact) mass is 422 g/mol. The van der Waals surface area contributed by atoms with Crippen molar-refractivity contribution in [3.8, 4) is 29.0 Å². The van der Waals surface area contributed by atoms with Crippen molar-refractivity contribution >= 4 is 17.6 Å². The average Bonchev–Trinajstić information content (AvgIpc) is 2.69. The minimum atomic E-state index is 0.138. The van der Waals surface area contributed by atoms with Crippen molar-refractivity contribution in [3.05, 3.63) is 35.4 Å². The van der Waals surface area contributed by atoms with E-state index in [2.05, 4.69) is 17.1 Å². The first kappa shape index (κ1) is 20.5. The lowest BCUT2D eigenvalue weighted by atomic mass is 9.92. The number of methoxy groups -OCH3 is 1. The lowest BCUT2D eigenvalue weighted by Crippen LogP contribution is -2.38. The van der Waals surface area contributed by atoms with Crippen LogP contribution in [0.15, 0.2) is 29.3 Å². The van der Waals surface area contributed by atoms with Crippen LogP contribution in [-0.2, 0) is 9.47 Å². The van der Waals surface area contributed by atoms with Crippen LogP contribution in [0.1, 0.15) is 24.0 Å². The number of rotatable bonds is 7. The SMILES string of the molecule is COC1CC(Oc2ccc(-c3c(C#N)c(N)nc(SCC4COC4)c3C#N)cc2)C1. The van der Waals surface area contributed by atoms with Gasteiger partial charge in [0, 0.05) is 37.2 Å². The van der Waals surface area contributed by atoms with Crippen molar-refractivity contribution in [3.63, 3.8) is 0 Å². The summed E-state index contributed by atoms with van der Waals surface area (Å²) in [7, 11) is 1.71. The molecule has 0 unspecified atom stereocenters. The summed E-state index contributed by atoms with van der Waals surface area (Å²) in [5.74, 6) is 2.13. The summed E-state index contributed by atoms with van der Waals surface area (Å²) in [4.78, 5) is 4.34. The van der Waals surface area contributed by atoms with E-state index in [1.54, 1.807) is 7.11 Å². The smallest absolute Gasteiger partial charge is 0.143 e. The first-order valence-corrected chi connectivity index (χ1v) is 10.8. The van der Waals surface area contributed by atoms with E-state index in [9.17, 15) is 10.5 Å². The number of anilines is 1. The Labute approximate surface area is 179 Å². The molecule has 2 aromatic rings. The quantitative estimate of drug-likeness (QED) is 0.676. The maximum absolute atomic E-state index is 9.85. The van der Waals surface area contributed by atoms with Crippen LogP contribution in [0.5, 0.6) is 5.75 Å². The van der Waals surface area contributed by atoms with Gasteiger partial charge in [0.15, 0.2) is 0 Å². The standard InChI is InChI=1S/C22H22N4O3S/c1-27-16-6-17(7-16)29-15-4-2-14(3-5-15)20-18(8-23)21(25)26-22(19(20)9-24)30-12-13-10-28-11-13/h2-5,13,16-17H,6-7,10-12H2,1H3,(H2,25,26). The van der Waals surface area contributed by atoms with Gasteiger partial charge in [0.1, 0.15) is 40.4 Å². The van der Waals surface area contributed by atoms with Crippen LogP contribution in [0.3, 0.4) is 0 Å². The van der Waals surface area contributed by atoms with E-state index in [1.807, 2.05) is 24.3 Å². The zero-order valence-corrected chi connectivity index (χ0v) is 17.4. The average molecular weight is 423 g/mol. The highest BCUT2D eigenvalue weighted by Gasteiger charge is 2.30. The molecule has 1 aromatic carbocycles. The molecular weight excluding hydrogens is 400 g/mol. The first-order chi connectivity index (χ1) is 14.6. The summed E-state index contributed by atoms with van der Waals surface area (Å²) in [5, 5.41) is 20.1. The topological polar surface area (TPSA) is 114 Å². The molecule has 2 fully saturated rings. The van der Waals surface area contributed by atoms with Gasteiger partial charge in [-0.1, -0.05) is 12.1 Å². The highest BCUT2D eigenvalue weighted by atomic mass is 32.2. The van der Waals surface area contributed by atoms with E-state index in [0.29, 0.717) is 22.1 Å². The lowest BCUT2D eigenvalue weighted by Gasteiger charge is -2.34. The van der Waals surface area contributed by atoms with Gasteiger partial charge in [-0.25, -0.2) is 4.98 Å². The molecule has 0 atom stereocenters. The van der Waals surface area contributed by atoms with Crippen molar-refractivity contribution in [1.82, 2.24) is 4.98 Å². The molecular formula is C22H22N4O3S. The predicted octanol–water partition coefficient (Wildman–Crippen LogP) is 3.37. The number of benzene rings is 1. The van der Waals surface area contributed by atoms with E-state index in [4.69, 9.17) is 19.9 Å². The van der Waals surface area contributed by atoms with Crippen molar-refractivity contribution in [1.29, 1.82) is 10.5 Å². The largest absolute Gasteiger partial charge is 0.490 e. The first-order valence-electron chi connectivity index (χ1n) is 9.77. The second-order valence-corrected chi connectivity index (χ2v) is 8.47. The van der Waals surface area contributed by atoms with Crippen LogP contribution in [0, 0.1) is 28.6 Å². The molecule has 7 nitrogen and oxygen atoms in total. The van der Waals surface area contributed by atoms with Crippen molar-refractivity contribution in [2.45, 2.75) is 30.1 Å². The van der Waals surface area contributed by atoms with Crippen molar-refractivity contribution < 1.29 is 14.2 Å². The third-order valence-corrected chi connectivity index (χ3v) is 6.62. The van der Waals surface area contributed by atoms with Gasteiger partial charge in [-0.05, 0) is 17.7 Å². The second-order valence-electron chi connectivity index (χ2n) is 7.46. The fourth-order valence-corrected chi connectivity index (χ4v) is 4.51. The van der Waals surface area contributed by atoms with E-state index in [0.717, 1.165) is 43.1 Å². The molecule has 1 saturated heterocycles. The lowest BCUT2D eigenvalue weighted by molar-refractivity contribution is -0.0380. The minimum absolute atomic E-state index is 0.138. The molecule has 2 aliphatic rings. The van der Waals surface area contributed by atoms with Gasteiger partial charge in [0.25, 0.3) is 0 Å². The number of pyridine rings is 1. The number of nitrogen functional groups attached to an aromatic ring is 1. The molecule has 0 spiro atoms. The summed E-state index contributed by atoms with van der Waals surface area (Å²) < 4.78 is 16.4. The Hall–Kier alpha value is -2.78. The number of nitriles is 2. The maximum Gasteiger partial charge on any atom is 0.143 e. The highest BCUT2D eigenvalue weighted by molar-refractivity contribution is 7.99. The van der Waals surface area contributed by atoms with Gasteiger partial charge in [-0.15, -0.1) is 11.8 Å². The number of nitrogens with two attached hydrogens (primary N) is 1. The highest BCUT2D eigenvalue weighted by Crippen LogP contribution is 2.37. The van der Waals surface area contributed by atoms with Crippen LogP contribution in [0.2, 0.25) is 0 Å². The van der Waals surface area contributed by atoms with Gasteiger partial charge in [-0.2, -0.15) is 10.5 Å². The summed E-state index contributed by atoms with van der Waals surface area (Å²) in [6.45, 7) is 1.45. The van der Waals surface area contributed by atoms with Crippen LogP contribution in [-0.4, -0.2) is 43.3 Å². The predicted molar refractivity (Wildman–Crippen MR) is 113 cm³/mol. The molecule has 0 radical (unpaired) electrons. The van der Waals surface area contributed by atoms with E-state index in [-0.39, 0.29) is 23.6 Å². The third-order valence-electron chi connectivity index (χ3n) is 5.41. The van der Waals surface area contributed by atoms with Crippen molar-refractivity contribution in [2.75, 3.05) is 31.8 Å². The van der Waals surface area contributed by atoms with Crippen LogP contribution >= 0.6 is 11.8 Å². The second kappa shape index (κ2) is 8.93. The molecule has 2 N–H and O–H groups in total. The molecule has 8 heteroatoms. The summed E-state index contributed by atoms with van der Waals surface area (Å²) in [6.07, 6.45) is 2.18. The molecule has 1 saturated carbocycles. The summed E-state index contributed by atoms with van der Waals surface area (Å²) in [6, 6.07) is 11.8. The molecule has 0 amide bonds. The molecule has 1 aliphatic carbocycles. The number of thioether (sulfide) groups is 1. The van der Waals surface area contributed by atoms with E-state index < -0.39 is 0 Å². The molecule has 2 heterocycles. The molecule has 1 aliphatic heterocycles. The van der Waals surface area contributed by atoms with Crippen LogP contribution < -0.4 is 10.5 Å². The minimum Gasteiger partial charge on any atom is -0.490 e. The van der Waals surface area contributed by atoms with Gasteiger partial charge in [-0.3, -0.25) is 0 Å². The summed E-state index contributed by atoms with van der Waals surface area (Å²) in [5.41, 5.74) is 7.93. The molecule has 154 valence electrons. The van der Waals surface area contributed by atoms with Gasteiger partial charge in [0.05, 0.1) is 24.9 Å². The fraction of sp³-hybridized carbons (Fsp3) is 0.409. The number of hydrogen-bond donors (Lipinski definition) is 1. The molecule has 0 bridgehead atoms. The Kier molecular flexibility index (Phi) is 6.10.